The van der Waals surface area contributed by atoms with E-state index in [9.17, 15) is 18.7 Å². The van der Waals surface area contributed by atoms with Gasteiger partial charge in [0.15, 0.2) is 0 Å². The van der Waals surface area contributed by atoms with Gasteiger partial charge in [0, 0.05) is 6.54 Å². The SMILES string of the molecule is O=C(O)CC(O)CNc1cc(F)ccc1F. The van der Waals surface area contributed by atoms with E-state index in [1.54, 1.807) is 0 Å². The Morgan fingerprint density at radius 1 is 1.44 bits per heavy atom. The van der Waals surface area contributed by atoms with Crippen LogP contribution in [0.25, 0.3) is 0 Å². The first-order valence-electron chi connectivity index (χ1n) is 4.58. The standard InChI is InChI=1S/C10H11F2NO3/c11-6-1-2-8(12)9(3-6)13-5-7(14)4-10(15)16/h1-3,7,13-14H,4-5H2,(H,15,16). The lowest BCUT2D eigenvalue weighted by molar-refractivity contribution is -0.138. The average molecular weight is 231 g/mol. The molecule has 0 saturated carbocycles. The number of aliphatic hydroxyl groups is 1. The van der Waals surface area contributed by atoms with E-state index < -0.39 is 30.1 Å². The summed E-state index contributed by atoms with van der Waals surface area (Å²) in [5.41, 5.74) is -0.107. The normalized spacial score (nSPS) is 12.2. The first-order chi connectivity index (χ1) is 7.49. The third kappa shape index (κ3) is 3.82. The molecular formula is C10H11F2NO3. The van der Waals surface area contributed by atoms with Crippen molar-refractivity contribution in [2.75, 3.05) is 11.9 Å². The van der Waals surface area contributed by atoms with Crippen molar-refractivity contribution in [3.05, 3.63) is 29.8 Å². The van der Waals surface area contributed by atoms with Crippen LogP contribution in [0.2, 0.25) is 0 Å². The number of carbonyl (C=O) groups is 1. The summed E-state index contributed by atoms with van der Waals surface area (Å²) in [6, 6.07) is 2.85. The van der Waals surface area contributed by atoms with Gasteiger partial charge in [-0.25, -0.2) is 8.78 Å². The molecule has 3 N–H and O–H groups in total. The predicted octanol–water partition coefficient (Wildman–Crippen LogP) is 1.21. The van der Waals surface area contributed by atoms with Gasteiger partial charge in [0.2, 0.25) is 0 Å². The van der Waals surface area contributed by atoms with Crippen LogP contribution >= 0.6 is 0 Å². The van der Waals surface area contributed by atoms with Gasteiger partial charge in [-0.1, -0.05) is 0 Å². The van der Waals surface area contributed by atoms with Crippen molar-refractivity contribution in [2.45, 2.75) is 12.5 Å². The molecular weight excluding hydrogens is 220 g/mol. The molecule has 1 atom stereocenters. The number of halogens is 2. The van der Waals surface area contributed by atoms with Crippen LogP contribution in [0.15, 0.2) is 18.2 Å². The zero-order chi connectivity index (χ0) is 12.1. The van der Waals surface area contributed by atoms with Gasteiger partial charge >= 0.3 is 5.97 Å². The largest absolute Gasteiger partial charge is 0.481 e. The highest BCUT2D eigenvalue weighted by molar-refractivity contribution is 5.67. The van der Waals surface area contributed by atoms with Gasteiger partial charge in [-0.2, -0.15) is 0 Å². The van der Waals surface area contributed by atoms with E-state index in [2.05, 4.69) is 5.32 Å². The van der Waals surface area contributed by atoms with Gasteiger partial charge in [0.05, 0.1) is 18.2 Å². The van der Waals surface area contributed by atoms with Crippen LogP contribution in [-0.4, -0.2) is 28.8 Å². The van der Waals surface area contributed by atoms with Gasteiger partial charge in [0.25, 0.3) is 0 Å². The molecule has 1 rings (SSSR count). The van der Waals surface area contributed by atoms with Gasteiger partial charge in [-0.15, -0.1) is 0 Å². The molecule has 0 aromatic heterocycles. The number of anilines is 1. The first-order valence-corrected chi connectivity index (χ1v) is 4.58. The smallest absolute Gasteiger partial charge is 0.306 e. The Morgan fingerprint density at radius 3 is 2.75 bits per heavy atom. The number of hydrogen-bond acceptors (Lipinski definition) is 3. The maximum Gasteiger partial charge on any atom is 0.306 e. The van der Waals surface area contributed by atoms with Gasteiger partial charge in [-0.3, -0.25) is 4.79 Å². The lowest BCUT2D eigenvalue weighted by atomic mass is 10.2. The Morgan fingerprint density at radius 2 is 2.12 bits per heavy atom. The first kappa shape index (κ1) is 12.4. The van der Waals surface area contributed by atoms with E-state index in [0.29, 0.717) is 0 Å². The van der Waals surface area contributed by atoms with E-state index in [1.165, 1.54) is 0 Å². The number of carboxylic acid groups (broad SMARTS) is 1. The topological polar surface area (TPSA) is 69.6 Å². The highest BCUT2D eigenvalue weighted by Gasteiger charge is 2.10. The Kier molecular flexibility index (Phi) is 4.19. The summed E-state index contributed by atoms with van der Waals surface area (Å²) in [7, 11) is 0. The molecule has 1 unspecified atom stereocenters. The number of carboxylic acids is 1. The minimum absolute atomic E-state index is 0.107. The van der Waals surface area contributed by atoms with Crippen LogP contribution in [-0.2, 0) is 4.79 Å². The number of rotatable bonds is 5. The molecule has 0 fully saturated rings. The summed E-state index contributed by atoms with van der Waals surface area (Å²) in [4.78, 5) is 10.2. The molecule has 0 aliphatic rings. The lowest BCUT2D eigenvalue weighted by Gasteiger charge is -2.11. The van der Waals surface area contributed by atoms with Crippen molar-refractivity contribution >= 4 is 11.7 Å². The second-order valence-corrected chi connectivity index (χ2v) is 3.26. The van der Waals surface area contributed by atoms with Crippen LogP contribution in [0.3, 0.4) is 0 Å². The molecule has 0 bridgehead atoms. The molecule has 0 radical (unpaired) electrons. The van der Waals surface area contributed by atoms with Crippen molar-refractivity contribution in [3.63, 3.8) is 0 Å². The molecule has 1 aromatic carbocycles. The van der Waals surface area contributed by atoms with E-state index in [0.717, 1.165) is 18.2 Å². The monoisotopic (exact) mass is 231 g/mol. The van der Waals surface area contributed by atoms with E-state index >= 15 is 0 Å². The van der Waals surface area contributed by atoms with Crippen molar-refractivity contribution in [3.8, 4) is 0 Å². The maximum atomic E-state index is 13.1. The third-order valence-corrected chi connectivity index (χ3v) is 1.87. The maximum absolute atomic E-state index is 13.1. The molecule has 1 aromatic rings. The quantitative estimate of drug-likeness (QED) is 0.712. The summed E-state index contributed by atoms with van der Waals surface area (Å²) in [6.07, 6.45) is -1.61. The van der Waals surface area contributed by atoms with E-state index in [1.807, 2.05) is 0 Å². The molecule has 0 spiro atoms. The van der Waals surface area contributed by atoms with Crippen LogP contribution in [0.4, 0.5) is 14.5 Å². The number of aliphatic hydroxyl groups excluding tert-OH is 1. The summed E-state index contributed by atoms with van der Waals surface area (Å²) >= 11 is 0. The molecule has 0 amide bonds. The molecule has 6 heteroatoms. The number of aliphatic carboxylic acids is 1. The third-order valence-electron chi connectivity index (χ3n) is 1.87. The van der Waals surface area contributed by atoms with Gasteiger partial charge < -0.3 is 15.5 Å². The highest BCUT2D eigenvalue weighted by atomic mass is 19.1. The lowest BCUT2D eigenvalue weighted by Crippen LogP contribution is -2.23. The Balaban J connectivity index is 2.54. The highest BCUT2D eigenvalue weighted by Crippen LogP contribution is 2.15. The van der Waals surface area contributed by atoms with E-state index in [-0.39, 0.29) is 12.2 Å². The van der Waals surface area contributed by atoms with Crippen molar-refractivity contribution < 1.29 is 23.8 Å². The van der Waals surface area contributed by atoms with E-state index in [4.69, 9.17) is 5.11 Å². The summed E-state index contributed by atoms with van der Waals surface area (Å²) in [5, 5.41) is 20.0. The summed E-state index contributed by atoms with van der Waals surface area (Å²) in [6.45, 7) is -0.160. The fourth-order valence-electron chi connectivity index (χ4n) is 1.13. The fraction of sp³-hybridized carbons (Fsp3) is 0.300. The zero-order valence-electron chi connectivity index (χ0n) is 8.28. The summed E-state index contributed by atoms with van der Waals surface area (Å²) < 4.78 is 25.8. The average Bonchev–Trinajstić information content (AvgIpc) is 2.18. The van der Waals surface area contributed by atoms with Crippen molar-refractivity contribution in [1.29, 1.82) is 0 Å². The number of hydrogen-bond donors (Lipinski definition) is 3. The molecule has 0 aliphatic carbocycles. The second-order valence-electron chi connectivity index (χ2n) is 3.26. The molecule has 4 nitrogen and oxygen atoms in total. The predicted molar refractivity (Wildman–Crippen MR) is 53.1 cm³/mol. The Bertz CT molecular complexity index is 384. The van der Waals surface area contributed by atoms with Crippen LogP contribution in [0, 0.1) is 11.6 Å². The van der Waals surface area contributed by atoms with Crippen LogP contribution in [0.5, 0.6) is 0 Å². The zero-order valence-corrected chi connectivity index (χ0v) is 8.28. The number of benzene rings is 1. The molecule has 0 aliphatic heterocycles. The Labute approximate surface area is 90.5 Å². The van der Waals surface area contributed by atoms with Gasteiger partial charge in [-0.05, 0) is 18.2 Å². The second kappa shape index (κ2) is 5.41. The molecule has 88 valence electrons. The van der Waals surface area contributed by atoms with Crippen molar-refractivity contribution in [2.24, 2.45) is 0 Å². The minimum atomic E-state index is -1.16. The summed E-state index contributed by atoms with van der Waals surface area (Å²) in [5.74, 6) is -2.44. The minimum Gasteiger partial charge on any atom is -0.481 e. The molecule has 0 saturated heterocycles. The fourth-order valence-corrected chi connectivity index (χ4v) is 1.13. The van der Waals surface area contributed by atoms with Crippen LogP contribution in [0.1, 0.15) is 6.42 Å². The Hall–Kier alpha value is -1.69. The van der Waals surface area contributed by atoms with Crippen molar-refractivity contribution in [1.82, 2.24) is 0 Å². The molecule has 0 heterocycles. The number of nitrogens with one attached hydrogen (secondary N) is 1. The molecule has 16 heavy (non-hydrogen) atoms. The van der Waals surface area contributed by atoms with Crippen LogP contribution < -0.4 is 5.32 Å². The van der Waals surface area contributed by atoms with Gasteiger partial charge in [0.1, 0.15) is 11.6 Å².